The summed E-state index contributed by atoms with van der Waals surface area (Å²) >= 11 is 0. The number of esters is 1. The Labute approximate surface area is 166 Å². The first-order chi connectivity index (χ1) is 14.1. The van der Waals surface area contributed by atoms with Gasteiger partial charge in [0.2, 0.25) is 5.78 Å². The maximum atomic E-state index is 12.9. The van der Waals surface area contributed by atoms with E-state index in [9.17, 15) is 14.7 Å². The number of aromatic hydroxyl groups is 1. The highest BCUT2D eigenvalue weighted by Gasteiger charge is 2.18. The number of hydrogen-bond donors (Lipinski definition) is 1. The average Bonchev–Trinajstić information content (AvgIpc) is 2.76. The number of ether oxygens (including phenoxy) is 1. The highest BCUT2D eigenvalue weighted by atomic mass is 16.5. The third-order valence-corrected chi connectivity index (χ3v) is 5.29. The van der Waals surface area contributed by atoms with Gasteiger partial charge in [0, 0.05) is 5.56 Å². The lowest BCUT2D eigenvalue weighted by molar-refractivity contribution is 0.0472. The minimum Gasteiger partial charge on any atom is -0.507 e. The molecule has 0 aromatic heterocycles. The van der Waals surface area contributed by atoms with Gasteiger partial charge in [-0.1, -0.05) is 66.7 Å². The number of benzene rings is 5. The van der Waals surface area contributed by atoms with Crippen molar-refractivity contribution in [3.63, 3.8) is 0 Å². The van der Waals surface area contributed by atoms with E-state index in [0.717, 1.165) is 32.3 Å². The van der Waals surface area contributed by atoms with Gasteiger partial charge >= 0.3 is 5.97 Å². The van der Waals surface area contributed by atoms with Crippen LogP contribution in [0.5, 0.6) is 5.75 Å². The fraction of sp³-hybridized carbons (Fsp3) is 0.0400. The molecule has 0 bridgehead atoms. The summed E-state index contributed by atoms with van der Waals surface area (Å²) in [7, 11) is 0. The third kappa shape index (κ3) is 2.77. The van der Waals surface area contributed by atoms with Crippen LogP contribution >= 0.6 is 0 Å². The maximum absolute atomic E-state index is 12.9. The molecule has 0 spiro atoms. The van der Waals surface area contributed by atoms with Crippen molar-refractivity contribution < 1.29 is 19.4 Å². The quantitative estimate of drug-likeness (QED) is 0.260. The number of Topliss-reactive ketones (excluding diaryl/α,β-unsaturated/α-hetero) is 1. The van der Waals surface area contributed by atoms with E-state index in [1.165, 1.54) is 12.1 Å². The smallest absolute Gasteiger partial charge is 0.342 e. The second-order valence-electron chi connectivity index (χ2n) is 6.99. The van der Waals surface area contributed by atoms with Gasteiger partial charge < -0.3 is 9.84 Å². The van der Waals surface area contributed by atoms with Crippen LogP contribution in [0.3, 0.4) is 0 Å². The first-order valence-corrected chi connectivity index (χ1v) is 9.28. The summed E-state index contributed by atoms with van der Waals surface area (Å²) < 4.78 is 5.17. The lowest BCUT2D eigenvalue weighted by Gasteiger charge is -2.13. The Balaban J connectivity index is 1.52. The molecular weight excluding hydrogens is 364 g/mol. The Morgan fingerprint density at radius 2 is 1.34 bits per heavy atom. The van der Waals surface area contributed by atoms with E-state index in [2.05, 4.69) is 24.3 Å². The van der Waals surface area contributed by atoms with Crippen LogP contribution in [-0.2, 0) is 4.74 Å². The van der Waals surface area contributed by atoms with Gasteiger partial charge in [0.25, 0.3) is 0 Å². The predicted molar refractivity (Wildman–Crippen MR) is 113 cm³/mol. The number of hydrogen-bond acceptors (Lipinski definition) is 4. The molecule has 0 aliphatic heterocycles. The van der Waals surface area contributed by atoms with Crippen molar-refractivity contribution in [3.8, 4) is 5.75 Å². The Kier molecular flexibility index (Phi) is 3.91. The molecular formula is C25H16O4. The summed E-state index contributed by atoms with van der Waals surface area (Å²) in [6.45, 7) is -0.392. The highest BCUT2D eigenvalue weighted by molar-refractivity contribution is 6.26. The van der Waals surface area contributed by atoms with Gasteiger partial charge in [0.1, 0.15) is 11.3 Å². The van der Waals surface area contributed by atoms with E-state index in [0.29, 0.717) is 5.56 Å². The number of carbonyl (C=O) groups is 2. The minimum absolute atomic E-state index is 0.0377. The molecule has 0 amide bonds. The molecule has 0 radical (unpaired) electrons. The Hall–Kier alpha value is -3.92. The van der Waals surface area contributed by atoms with Crippen molar-refractivity contribution in [1.82, 2.24) is 0 Å². The van der Waals surface area contributed by atoms with Crippen LogP contribution in [0.15, 0.2) is 78.9 Å². The van der Waals surface area contributed by atoms with Crippen LogP contribution in [0.2, 0.25) is 0 Å². The lowest BCUT2D eigenvalue weighted by Crippen LogP contribution is -2.14. The van der Waals surface area contributed by atoms with E-state index >= 15 is 0 Å². The lowest BCUT2D eigenvalue weighted by atomic mass is 9.91. The number of phenolic OH excluding ortho intramolecular Hbond substituents is 1. The predicted octanol–water partition coefficient (Wildman–Crippen LogP) is 5.33. The van der Waals surface area contributed by atoms with Gasteiger partial charge in [-0.2, -0.15) is 0 Å². The number of rotatable bonds is 4. The molecule has 0 saturated heterocycles. The van der Waals surface area contributed by atoms with Gasteiger partial charge in [-0.3, -0.25) is 4.79 Å². The highest BCUT2D eigenvalue weighted by Crippen LogP contribution is 2.36. The standard InChI is InChI=1S/C25H16O4/c26-21-7-2-1-6-20(21)25(28)29-14-22(27)18-12-10-17-9-8-15-4-3-5-16-11-13-19(18)24(17)23(15)16/h1-13,26H,14H2. The van der Waals surface area contributed by atoms with Crippen LogP contribution in [-0.4, -0.2) is 23.5 Å². The second kappa shape index (κ2) is 6.60. The van der Waals surface area contributed by atoms with Crippen molar-refractivity contribution in [2.45, 2.75) is 0 Å². The third-order valence-electron chi connectivity index (χ3n) is 5.29. The summed E-state index contributed by atoms with van der Waals surface area (Å²) in [6.07, 6.45) is 0. The van der Waals surface area contributed by atoms with Crippen LogP contribution in [0.4, 0.5) is 0 Å². The summed E-state index contributed by atoms with van der Waals surface area (Å²) in [5, 5.41) is 16.1. The van der Waals surface area contributed by atoms with Crippen molar-refractivity contribution in [1.29, 1.82) is 0 Å². The number of carbonyl (C=O) groups excluding carboxylic acids is 2. The zero-order valence-corrected chi connectivity index (χ0v) is 15.4. The van der Waals surface area contributed by atoms with E-state index in [1.54, 1.807) is 18.2 Å². The monoisotopic (exact) mass is 380 g/mol. The van der Waals surface area contributed by atoms with Gasteiger partial charge in [-0.05, 0) is 44.5 Å². The van der Waals surface area contributed by atoms with Gasteiger partial charge in [0.15, 0.2) is 6.61 Å². The molecule has 5 rings (SSSR count). The minimum atomic E-state index is -0.728. The Morgan fingerprint density at radius 1 is 0.690 bits per heavy atom. The summed E-state index contributed by atoms with van der Waals surface area (Å²) in [5.74, 6) is -1.19. The van der Waals surface area contributed by atoms with E-state index in [-0.39, 0.29) is 17.1 Å². The zero-order valence-electron chi connectivity index (χ0n) is 15.4. The molecule has 29 heavy (non-hydrogen) atoms. The van der Waals surface area contributed by atoms with Crippen LogP contribution in [0, 0.1) is 0 Å². The molecule has 0 fully saturated rings. The summed E-state index contributed by atoms with van der Waals surface area (Å²) in [6, 6.07) is 24.0. The first-order valence-electron chi connectivity index (χ1n) is 9.28. The van der Waals surface area contributed by atoms with Crippen molar-refractivity contribution >= 4 is 44.1 Å². The fourth-order valence-corrected chi connectivity index (χ4v) is 3.91. The largest absolute Gasteiger partial charge is 0.507 e. The van der Waals surface area contributed by atoms with Crippen molar-refractivity contribution in [2.24, 2.45) is 0 Å². The number of phenols is 1. The second-order valence-corrected chi connectivity index (χ2v) is 6.99. The average molecular weight is 380 g/mol. The zero-order chi connectivity index (χ0) is 20.0. The molecule has 0 unspecified atom stereocenters. The normalized spacial score (nSPS) is 11.3. The molecule has 0 aliphatic carbocycles. The Morgan fingerprint density at radius 3 is 2.10 bits per heavy atom. The van der Waals surface area contributed by atoms with Gasteiger partial charge in [-0.25, -0.2) is 4.79 Å². The van der Waals surface area contributed by atoms with Crippen LogP contribution < -0.4 is 0 Å². The molecule has 5 aromatic carbocycles. The SMILES string of the molecule is O=C(OCC(=O)c1ccc2ccc3cccc4ccc1c2c34)c1ccccc1O. The van der Waals surface area contributed by atoms with Gasteiger partial charge in [-0.15, -0.1) is 0 Å². The molecule has 0 atom stereocenters. The van der Waals surface area contributed by atoms with Crippen molar-refractivity contribution in [3.05, 3.63) is 90.0 Å². The van der Waals surface area contributed by atoms with Gasteiger partial charge in [0.05, 0.1) is 0 Å². The van der Waals surface area contributed by atoms with Crippen LogP contribution in [0.25, 0.3) is 32.3 Å². The van der Waals surface area contributed by atoms with E-state index in [1.807, 2.05) is 24.3 Å². The molecule has 1 N–H and O–H groups in total. The molecule has 0 aliphatic rings. The topological polar surface area (TPSA) is 63.6 Å². The van der Waals surface area contributed by atoms with Crippen molar-refractivity contribution in [2.75, 3.05) is 6.61 Å². The molecule has 4 nitrogen and oxygen atoms in total. The molecule has 140 valence electrons. The summed E-state index contributed by atoms with van der Waals surface area (Å²) in [5.41, 5.74) is 0.552. The molecule has 0 saturated carbocycles. The van der Waals surface area contributed by atoms with E-state index < -0.39 is 12.6 Å². The molecule has 0 heterocycles. The van der Waals surface area contributed by atoms with E-state index in [4.69, 9.17) is 4.74 Å². The molecule has 4 heteroatoms. The van der Waals surface area contributed by atoms with Crippen LogP contribution in [0.1, 0.15) is 20.7 Å². The number of para-hydroxylation sites is 1. The maximum Gasteiger partial charge on any atom is 0.342 e. The first kappa shape index (κ1) is 17.2. The molecule has 5 aromatic rings. The summed E-state index contributed by atoms with van der Waals surface area (Å²) in [4.78, 5) is 25.1. The number of ketones is 1. The Bertz CT molecular complexity index is 1380. The fourth-order valence-electron chi connectivity index (χ4n) is 3.91.